The van der Waals surface area contributed by atoms with Crippen molar-refractivity contribution < 1.29 is 9.16 Å². The van der Waals surface area contributed by atoms with Crippen molar-refractivity contribution in [3.63, 3.8) is 0 Å². The number of benzene rings is 2. The van der Waals surface area contributed by atoms with Gasteiger partial charge in [-0.3, -0.25) is 0 Å². The molecule has 1 aliphatic rings. The van der Waals surface area contributed by atoms with Gasteiger partial charge in [0.15, 0.2) is 11.6 Å². The van der Waals surface area contributed by atoms with Crippen LogP contribution < -0.4 is 20.4 Å². The smallest absolute Gasteiger partial charge is 0.261 e. The highest BCUT2D eigenvalue weighted by molar-refractivity contribution is 14.1. The quantitative estimate of drug-likeness (QED) is 0.392. The Balaban J connectivity index is 1.68. The van der Waals surface area contributed by atoms with Gasteiger partial charge in [0, 0.05) is 6.20 Å². The molecule has 0 amide bonds. The summed E-state index contributed by atoms with van der Waals surface area (Å²) < 4.78 is 14.1. The molecule has 4 rings (SSSR count). The van der Waals surface area contributed by atoms with Crippen molar-refractivity contribution in [2.75, 3.05) is 18.5 Å². The van der Waals surface area contributed by atoms with Crippen LogP contribution in [0, 0.1) is 3.57 Å². The van der Waals surface area contributed by atoms with Crippen molar-refractivity contribution >= 4 is 47.1 Å². The Morgan fingerprint density at radius 3 is 2.20 bits per heavy atom. The Bertz CT molecular complexity index is 954. The van der Waals surface area contributed by atoms with E-state index in [0.29, 0.717) is 13.2 Å². The van der Waals surface area contributed by atoms with Crippen molar-refractivity contribution in [2.45, 2.75) is 31.9 Å². The molecule has 2 aromatic carbocycles. The second kappa shape index (κ2) is 8.68. The summed E-state index contributed by atoms with van der Waals surface area (Å²) in [5.74, 6) is 1.63. The molecule has 156 valence electrons. The highest BCUT2D eigenvalue weighted by atomic mass is 127. The lowest BCUT2D eigenvalue weighted by Crippen LogP contribution is -2.67. The number of nitrogens with zero attached hydrogens (tertiary/aromatic N) is 1. The van der Waals surface area contributed by atoms with E-state index in [1.807, 2.05) is 12.3 Å². The second-order valence-corrected chi connectivity index (χ2v) is 14.1. The van der Waals surface area contributed by atoms with Crippen molar-refractivity contribution in [3.8, 4) is 5.75 Å². The minimum atomic E-state index is -2.55. The first-order valence-corrected chi connectivity index (χ1v) is 13.2. The van der Waals surface area contributed by atoms with Gasteiger partial charge in [-0.15, -0.1) is 0 Å². The Morgan fingerprint density at radius 2 is 1.63 bits per heavy atom. The van der Waals surface area contributed by atoms with Crippen molar-refractivity contribution in [2.24, 2.45) is 0 Å². The van der Waals surface area contributed by atoms with Crippen LogP contribution in [0.25, 0.3) is 0 Å². The largest absolute Gasteiger partial charge is 0.486 e. The van der Waals surface area contributed by atoms with Crippen LogP contribution in [0.5, 0.6) is 5.75 Å². The van der Waals surface area contributed by atoms with Crippen LogP contribution in [0.1, 0.15) is 20.8 Å². The highest BCUT2D eigenvalue weighted by Gasteiger charge is 2.50. The lowest BCUT2D eigenvalue weighted by molar-refractivity contribution is 0.211. The van der Waals surface area contributed by atoms with Gasteiger partial charge in [-0.25, -0.2) is 4.98 Å². The van der Waals surface area contributed by atoms with E-state index >= 15 is 0 Å². The van der Waals surface area contributed by atoms with Crippen molar-refractivity contribution in [1.29, 1.82) is 0 Å². The first-order chi connectivity index (χ1) is 14.4. The van der Waals surface area contributed by atoms with E-state index in [1.165, 1.54) is 10.4 Å². The zero-order valence-corrected chi connectivity index (χ0v) is 20.7. The summed E-state index contributed by atoms with van der Waals surface area (Å²) in [6.07, 6.45) is 1.81. The molecule has 1 aromatic heterocycles. The van der Waals surface area contributed by atoms with Crippen LogP contribution in [0.3, 0.4) is 0 Å². The maximum Gasteiger partial charge on any atom is 0.261 e. The molecule has 0 bridgehead atoms. The van der Waals surface area contributed by atoms with E-state index in [-0.39, 0.29) is 11.1 Å². The number of hydrogen-bond acceptors (Lipinski definition) is 4. The summed E-state index contributed by atoms with van der Waals surface area (Å²) in [6.45, 7) is 8.00. The molecule has 1 unspecified atom stereocenters. The van der Waals surface area contributed by atoms with Gasteiger partial charge in [0.25, 0.3) is 8.32 Å². The molecule has 0 spiro atoms. The Morgan fingerprint density at radius 1 is 1.03 bits per heavy atom. The maximum absolute atomic E-state index is 7.02. The number of pyridine rings is 1. The van der Waals surface area contributed by atoms with Crippen LogP contribution in [0.2, 0.25) is 5.04 Å². The van der Waals surface area contributed by atoms with Gasteiger partial charge in [0.1, 0.15) is 6.61 Å². The minimum Gasteiger partial charge on any atom is -0.486 e. The molecule has 1 aliphatic heterocycles. The average Bonchev–Trinajstić information content (AvgIpc) is 2.75. The molecule has 0 saturated carbocycles. The molecule has 3 aromatic rings. The van der Waals surface area contributed by atoms with Crippen LogP contribution >= 0.6 is 22.6 Å². The van der Waals surface area contributed by atoms with Gasteiger partial charge in [-0.05, 0) is 44.1 Å². The average molecular weight is 530 g/mol. The van der Waals surface area contributed by atoms with E-state index in [4.69, 9.17) is 9.16 Å². The van der Waals surface area contributed by atoms with Crippen molar-refractivity contribution in [1.82, 2.24) is 4.98 Å². The zero-order chi connectivity index (χ0) is 21.2. The third-order valence-corrected chi connectivity index (χ3v) is 11.4. The molecular formula is C24H27IN2O2Si. The number of rotatable bonds is 5. The normalized spacial score (nSPS) is 16.3. The molecule has 6 heteroatoms. The Hall–Kier alpha value is -1.90. The lowest BCUT2D eigenvalue weighted by atomic mass is 10.2. The molecule has 2 heterocycles. The summed E-state index contributed by atoms with van der Waals surface area (Å²) in [5, 5.41) is 6.05. The van der Waals surface area contributed by atoms with Crippen LogP contribution in [0.4, 0.5) is 5.82 Å². The summed E-state index contributed by atoms with van der Waals surface area (Å²) in [6, 6.07) is 23.4. The van der Waals surface area contributed by atoms with E-state index in [2.05, 4.69) is 114 Å². The number of fused-ring (bicyclic) bond motifs is 1. The van der Waals surface area contributed by atoms with E-state index < -0.39 is 8.32 Å². The molecule has 0 fully saturated rings. The number of anilines is 1. The molecule has 1 N–H and O–H groups in total. The molecule has 4 nitrogen and oxygen atoms in total. The van der Waals surface area contributed by atoms with Gasteiger partial charge >= 0.3 is 0 Å². The number of aromatic nitrogens is 1. The van der Waals surface area contributed by atoms with Gasteiger partial charge in [-0.1, -0.05) is 81.4 Å². The molecule has 0 aliphatic carbocycles. The van der Waals surface area contributed by atoms with Crippen LogP contribution in [-0.4, -0.2) is 32.6 Å². The lowest BCUT2D eigenvalue weighted by Gasteiger charge is -2.44. The fourth-order valence-corrected chi connectivity index (χ4v) is 9.34. The Kier molecular flexibility index (Phi) is 6.18. The first kappa shape index (κ1) is 21.3. The van der Waals surface area contributed by atoms with Gasteiger partial charge in [0.2, 0.25) is 0 Å². The van der Waals surface area contributed by atoms with Crippen LogP contribution in [0.15, 0.2) is 72.9 Å². The third-order valence-electron chi connectivity index (χ3n) is 5.54. The predicted molar refractivity (Wildman–Crippen MR) is 133 cm³/mol. The monoisotopic (exact) mass is 530 g/mol. The van der Waals surface area contributed by atoms with E-state index in [9.17, 15) is 0 Å². The SMILES string of the molecule is CC(C)(C)[Si](OCC1COc2c(I)ccnc2N1)(c1ccccc1)c1ccccc1. The van der Waals surface area contributed by atoms with Gasteiger partial charge in [0.05, 0.1) is 16.2 Å². The maximum atomic E-state index is 7.02. The molecule has 30 heavy (non-hydrogen) atoms. The van der Waals surface area contributed by atoms with E-state index in [1.54, 1.807) is 0 Å². The number of ether oxygens (including phenoxy) is 1. The van der Waals surface area contributed by atoms with Crippen molar-refractivity contribution in [3.05, 3.63) is 76.5 Å². The van der Waals surface area contributed by atoms with E-state index in [0.717, 1.165) is 15.1 Å². The summed E-state index contributed by atoms with van der Waals surface area (Å²) in [5.41, 5.74) is 0. The fourth-order valence-electron chi connectivity index (χ4n) is 4.16. The number of nitrogens with one attached hydrogen (secondary N) is 1. The van der Waals surface area contributed by atoms with Crippen LogP contribution in [-0.2, 0) is 4.43 Å². The second-order valence-electron chi connectivity index (χ2n) is 8.60. The zero-order valence-electron chi connectivity index (χ0n) is 17.6. The standard InChI is InChI=1S/C24H27IN2O2Si/c1-24(2,3)30(19-10-6-4-7-11-19,20-12-8-5-9-13-20)29-17-18-16-28-22-21(25)14-15-26-23(22)27-18/h4-15,18H,16-17H2,1-3H3,(H,26,27). The summed E-state index contributed by atoms with van der Waals surface area (Å²) in [7, 11) is -2.55. The summed E-state index contributed by atoms with van der Waals surface area (Å²) >= 11 is 2.28. The Labute approximate surface area is 193 Å². The van der Waals surface area contributed by atoms with Gasteiger partial charge in [-0.2, -0.15) is 0 Å². The number of halogens is 1. The molecule has 0 saturated heterocycles. The molecule has 0 radical (unpaired) electrons. The predicted octanol–water partition coefficient (Wildman–Crippen LogP) is 4.44. The minimum absolute atomic E-state index is 0.0449. The van der Waals surface area contributed by atoms with Gasteiger partial charge < -0.3 is 14.5 Å². The summed E-state index contributed by atoms with van der Waals surface area (Å²) in [4.78, 5) is 4.45. The fraction of sp³-hybridized carbons (Fsp3) is 0.292. The topological polar surface area (TPSA) is 43.4 Å². The first-order valence-electron chi connectivity index (χ1n) is 10.2. The molecule has 1 atom stereocenters. The third kappa shape index (κ3) is 4.00. The number of hydrogen-bond donors (Lipinski definition) is 1. The highest BCUT2D eigenvalue weighted by Crippen LogP contribution is 2.37. The molecular weight excluding hydrogens is 503 g/mol.